The number of aliphatic hydroxyl groups excluding tert-OH is 1. The highest BCUT2D eigenvalue weighted by Crippen LogP contribution is 2.31. The molecule has 0 radical (unpaired) electrons. The molecule has 1 unspecified atom stereocenters. The molecule has 2 aromatic heterocycles. The molecule has 1 atom stereocenters. The third-order valence-electron chi connectivity index (χ3n) is 4.38. The summed E-state index contributed by atoms with van der Waals surface area (Å²) in [5.41, 5.74) is 1.80. The fourth-order valence-corrected chi connectivity index (χ4v) is 2.91. The highest BCUT2D eigenvalue weighted by molar-refractivity contribution is 5.94. The van der Waals surface area contributed by atoms with Crippen molar-refractivity contribution in [3.63, 3.8) is 0 Å². The van der Waals surface area contributed by atoms with E-state index < -0.39 is 0 Å². The number of amides is 1. The summed E-state index contributed by atoms with van der Waals surface area (Å²) in [5, 5.41) is 21.4. The molecule has 6 nitrogen and oxygen atoms in total. The lowest BCUT2D eigenvalue weighted by Gasteiger charge is -2.38. The van der Waals surface area contributed by atoms with Gasteiger partial charge >= 0.3 is 0 Å². The summed E-state index contributed by atoms with van der Waals surface area (Å²) in [6, 6.07) is 8.86. The van der Waals surface area contributed by atoms with Crippen molar-refractivity contribution in [2.24, 2.45) is 5.92 Å². The van der Waals surface area contributed by atoms with Crippen molar-refractivity contribution >= 4 is 5.91 Å². The molecule has 2 N–H and O–H groups in total. The zero-order chi connectivity index (χ0) is 16.9. The van der Waals surface area contributed by atoms with Crippen molar-refractivity contribution in [1.82, 2.24) is 15.3 Å². The maximum atomic E-state index is 12.5. The smallest absolute Gasteiger partial charge is 0.253 e. The van der Waals surface area contributed by atoms with Crippen LogP contribution in [0.5, 0.6) is 0 Å². The van der Waals surface area contributed by atoms with Gasteiger partial charge in [0.05, 0.1) is 11.7 Å². The Hall–Kier alpha value is -2.78. The second-order valence-corrected chi connectivity index (χ2v) is 6.07. The van der Waals surface area contributed by atoms with Crippen molar-refractivity contribution in [2.45, 2.75) is 31.4 Å². The summed E-state index contributed by atoms with van der Waals surface area (Å²) in [6.45, 7) is 0. The number of nitrogens with one attached hydrogen (secondary N) is 1. The van der Waals surface area contributed by atoms with Gasteiger partial charge < -0.3 is 10.4 Å². The Balaban J connectivity index is 1.70. The van der Waals surface area contributed by atoms with Crippen LogP contribution in [0.1, 0.15) is 34.5 Å². The van der Waals surface area contributed by atoms with E-state index in [2.05, 4.69) is 15.3 Å². The third-order valence-corrected chi connectivity index (χ3v) is 4.38. The molecular formula is C18H18N4O2. The number of nitriles is 1. The second kappa shape index (κ2) is 7.20. The molecule has 6 heteroatoms. The molecule has 2 heterocycles. The van der Waals surface area contributed by atoms with Crippen LogP contribution >= 0.6 is 0 Å². The predicted octanol–water partition coefficient (Wildman–Crippen LogP) is 1.46. The van der Waals surface area contributed by atoms with E-state index in [4.69, 9.17) is 5.26 Å². The SMILES string of the molecule is N#Cc1ccc(C(=O)NC(Cc2ccncc2)C2CC(O)C2)cn1. The summed E-state index contributed by atoms with van der Waals surface area (Å²) in [4.78, 5) is 20.4. The average Bonchev–Trinajstić information content (AvgIpc) is 2.59. The molecule has 2 aromatic rings. The Morgan fingerprint density at radius 3 is 2.67 bits per heavy atom. The van der Waals surface area contributed by atoms with Crippen LogP contribution in [-0.2, 0) is 6.42 Å². The van der Waals surface area contributed by atoms with E-state index in [-0.39, 0.29) is 29.7 Å². The number of carbonyl (C=O) groups excluding carboxylic acids is 1. The number of aromatic nitrogens is 2. The van der Waals surface area contributed by atoms with Crippen molar-refractivity contribution in [2.75, 3.05) is 0 Å². The van der Waals surface area contributed by atoms with Crippen LogP contribution in [0, 0.1) is 17.2 Å². The minimum atomic E-state index is -0.275. The Bertz CT molecular complexity index is 734. The van der Waals surface area contributed by atoms with Gasteiger partial charge in [-0.2, -0.15) is 5.26 Å². The number of nitrogens with zero attached hydrogens (tertiary/aromatic N) is 3. The minimum absolute atomic E-state index is 0.0565. The summed E-state index contributed by atoms with van der Waals surface area (Å²) in [5.74, 6) is 0.0379. The van der Waals surface area contributed by atoms with E-state index in [1.54, 1.807) is 18.5 Å². The van der Waals surface area contributed by atoms with Crippen molar-refractivity contribution in [1.29, 1.82) is 5.26 Å². The summed E-state index contributed by atoms with van der Waals surface area (Å²) >= 11 is 0. The number of aliphatic hydroxyl groups is 1. The molecule has 1 fully saturated rings. The molecule has 3 rings (SSSR count). The van der Waals surface area contributed by atoms with Crippen LogP contribution in [0.3, 0.4) is 0 Å². The Morgan fingerprint density at radius 2 is 2.08 bits per heavy atom. The topological polar surface area (TPSA) is 98.9 Å². The maximum Gasteiger partial charge on any atom is 0.253 e. The van der Waals surface area contributed by atoms with Gasteiger partial charge in [0.25, 0.3) is 5.91 Å². The second-order valence-electron chi connectivity index (χ2n) is 6.07. The molecule has 122 valence electrons. The molecule has 24 heavy (non-hydrogen) atoms. The highest BCUT2D eigenvalue weighted by Gasteiger charge is 2.34. The first-order valence-electron chi connectivity index (χ1n) is 7.89. The standard InChI is InChI=1S/C18H18N4O2/c19-10-15-2-1-13(11-21-15)18(24)22-17(14-8-16(23)9-14)7-12-3-5-20-6-4-12/h1-6,11,14,16-17,23H,7-9H2,(H,22,24). The van der Waals surface area contributed by atoms with E-state index >= 15 is 0 Å². The Labute approximate surface area is 140 Å². The van der Waals surface area contributed by atoms with Gasteiger partial charge in [0, 0.05) is 24.6 Å². The lowest BCUT2D eigenvalue weighted by molar-refractivity contribution is 0.0239. The molecule has 1 amide bonds. The zero-order valence-electron chi connectivity index (χ0n) is 13.1. The first-order chi connectivity index (χ1) is 11.7. The van der Waals surface area contributed by atoms with Crippen molar-refractivity contribution in [3.05, 3.63) is 59.7 Å². The van der Waals surface area contributed by atoms with Crippen LogP contribution in [0.25, 0.3) is 0 Å². The monoisotopic (exact) mass is 322 g/mol. The lowest BCUT2D eigenvalue weighted by atomic mass is 9.75. The van der Waals surface area contributed by atoms with Crippen LogP contribution in [0.2, 0.25) is 0 Å². The maximum absolute atomic E-state index is 12.5. The molecule has 1 saturated carbocycles. The number of rotatable bonds is 5. The molecule has 1 aliphatic rings. The summed E-state index contributed by atoms with van der Waals surface area (Å²) in [6.07, 6.45) is 6.68. The molecule has 1 aliphatic carbocycles. The normalized spacial score (nSPS) is 20.5. The number of carbonyl (C=O) groups is 1. The first kappa shape index (κ1) is 16.1. The van der Waals surface area contributed by atoms with E-state index in [9.17, 15) is 9.90 Å². The quantitative estimate of drug-likeness (QED) is 0.868. The highest BCUT2D eigenvalue weighted by atomic mass is 16.3. The van der Waals surface area contributed by atoms with Gasteiger partial charge in [0.1, 0.15) is 11.8 Å². The van der Waals surface area contributed by atoms with E-state index in [1.807, 2.05) is 18.2 Å². The first-order valence-corrected chi connectivity index (χ1v) is 7.89. The van der Waals surface area contributed by atoms with Crippen molar-refractivity contribution < 1.29 is 9.90 Å². The van der Waals surface area contributed by atoms with Gasteiger partial charge in [-0.1, -0.05) is 0 Å². The number of hydrogen-bond donors (Lipinski definition) is 2. The largest absolute Gasteiger partial charge is 0.393 e. The number of pyridine rings is 2. The average molecular weight is 322 g/mol. The zero-order valence-corrected chi connectivity index (χ0v) is 13.1. The van der Waals surface area contributed by atoms with Gasteiger partial charge in [-0.15, -0.1) is 0 Å². The fourth-order valence-electron chi connectivity index (χ4n) is 2.91. The van der Waals surface area contributed by atoms with E-state index in [0.717, 1.165) is 5.56 Å². The van der Waals surface area contributed by atoms with Crippen molar-refractivity contribution in [3.8, 4) is 6.07 Å². The van der Waals surface area contributed by atoms with E-state index in [1.165, 1.54) is 12.3 Å². The van der Waals surface area contributed by atoms with Crippen LogP contribution in [0.15, 0.2) is 42.9 Å². The molecule has 0 saturated heterocycles. The molecule has 0 aliphatic heterocycles. The lowest BCUT2D eigenvalue weighted by Crippen LogP contribution is -2.48. The van der Waals surface area contributed by atoms with Crippen LogP contribution in [0.4, 0.5) is 0 Å². The van der Waals surface area contributed by atoms with Gasteiger partial charge in [-0.3, -0.25) is 9.78 Å². The third kappa shape index (κ3) is 3.76. The molecule has 0 spiro atoms. The van der Waals surface area contributed by atoms with Gasteiger partial charge in [-0.05, 0) is 55.0 Å². The molecular weight excluding hydrogens is 304 g/mol. The van der Waals surface area contributed by atoms with Gasteiger partial charge in [-0.25, -0.2) is 4.98 Å². The Kier molecular flexibility index (Phi) is 4.82. The summed E-state index contributed by atoms with van der Waals surface area (Å²) < 4.78 is 0. The van der Waals surface area contributed by atoms with Crippen LogP contribution < -0.4 is 5.32 Å². The number of hydrogen-bond acceptors (Lipinski definition) is 5. The molecule has 0 aromatic carbocycles. The minimum Gasteiger partial charge on any atom is -0.393 e. The molecule has 0 bridgehead atoms. The Morgan fingerprint density at radius 1 is 1.33 bits per heavy atom. The van der Waals surface area contributed by atoms with Gasteiger partial charge in [0.15, 0.2) is 0 Å². The predicted molar refractivity (Wildman–Crippen MR) is 86.9 cm³/mol. The van der Waals surface area contributed by atoms with Gasteiger partial charge in [0.2, 0.25) is 0 Å². The van der Waals surface area contributed by atoms with Crippen LogP contribution in [-0.4, -0.2) is 33.1 Å². The van der Waals surface area contributed by atoms with E-state index in [0.29, 0.717) is 24.8 Å². The summed E-state index contributed by atoms with van der Waals surface area (Å²) in [7, 11) is 0. The fraction of sp³-hybridized carbons (Fsp3) is 0.333.